The summed E-state index contributed by atoms with van der Waals surface area (Å²) in [6.45, 7) is 2.67. The van der Waals surface area contributed by atoms with Crippen molar-refractivity contribution in [3.05, 3.63) is 18.2 Å². The van der Waals surface area contributed by atoms with E-state index in [4.69, 9.17) is 27.9 Å². The summed E-state index contributed by atoms with van der Waals surface area (Å²) in [6, 6.07) is 2.84. The summed E-state index contributed by atoms with van der Waals surface area (Å²) < 4.78 is 5.79. The minimum Gasteiger partial charge on any atom is -0.491 e. The van der Waals surface area contributed by atoms with E-state index >= 15 is 0 Å². The summed E-state index contributed by atoms with van der Waals surface area (Å²) >= 11 is 0. The highest BCUT2D eigenvalue weighted by Gasteiger charge is 2.17. The molecule has 1 aromatic rings. The summed E-state index contributed by atoms with van der Waals surface area (Å²) in [5.41, 5.74) is 11.0. The third-order valence-corrected chi connectivity index (χ3v) is 4.71. The number of unbranched alkanes of at least 4 members (excludes halogenated alkanes) is 9. The number of anilines is 2. The van der Waals surface area contributed by atoms with Crippen LogP contribution in [0.25, 0.3) is 0 Å². The van der Waals surface area contributed by atoms with Crippen molar-refractivity contribution in [2.75, 3.05) is 16.6 Å². The first-order chi connectivity index (χ1) is 13.9. The number of amides is 4. The molecule has 0 aliphatic carbocycles. The summed E-state index contributed by atoms with van der Waals surface area (Å²) in [7, 11) is 0. The second-order valence-electron chi connectivity index (χ2n) is 7.10. The highest BCUT2D eigenvalue weighted by atomic mass is 16.5. The van der Waals surface area contributed by atoms with Crippen molar-refractivity contribution in [2.24, 2.45) is 23.2 Å². The molecule has 1 rings (SSSR count). The number of hydrazine groups is 2. The minimum atomic E-state index is -0.832. The smallest absolute Gasteiger partial charge is 0.333 e. The van der Waals surface area contributed by atoms with Crippen LogP contribution in [0.2, 0.25) is 0 Å². The normalized spacial score (nSPS) is 10.6. The molecule has 0 aliphatic heterocycles. The predicted molar refractivity (Wildman–Crippen MR) is 116 cm³/mol. The van der Waals surface area contributed by atoms with Gasteiger partial charge in [-0.15, -0.1) is 0 Å². The van der Waals surface area contributed by atoms with E-state index < -0.39 is 12.1 Å². The molecule has 0 radical (unpaired) electrons. The van der Waals surface area contributed by atoms with Crippen LogP contribution in [-0.2, 0) is 0 Å². The van der Waals surface area contributed by atoms with Crippen LogP contribution in [0, 0.1) is 0 Å². The van der Waals surface area contributed by atoms with Crippen molar-refractivity contribution in [3.63, 3.8) is 0 Å². The Bertz CT molecular complexity index is 641. The van der Waals surface area contributed by atoms with Crippen LogP contribution in [0.3, 0.4) is 0 Å². The first-order valence-corrected chi connectivity index (χ1v) is 10.3. The van der Waals surface area contributed by atoms with Crippen molar-refractivity contribution < 1.29 is 14.3 Å². The van der Waals surface area contributed by atoms with Gasteiger partial charge in [-0.2, -0.15) is 0 Å². The van der Waals surface area contributed by atoms with E-state index in [2.05, 4.69) is 6.92 Å². The molecule has 1 aromatic carbocycles. The maximum atomic E-state index is 11.4. The molecular weight excluding hydrogens is 372 g/mol. The van der Waals surface area contributed by atoms with Crippen LogP contribution >= 0.6 is 0 Å². The number of benzene rings is 1. The Hall–Kier alpha value is -2.52. The largest absolute Gasteiger partial charge is 0.491 e. The molecule has 0 saturated carbocycles. The van der Waals surface area contributed by atoms with Gasteiger partial charge in [0.2, 0.25) is 0 Å². The number of carbonyl (C=O) groups excluding carboxylic acids is 2. The summed E-state index contributed by atoms with van der Waals surface area (Å²) in [5, 5.41) is 1.56. The number of hydrogen-bond acceptors (Lipinski definition) is 5. The maximum Gasteiger partial charge on any atom is 0.333 e. The molecule has 164 valence electrons. The molecule has 29 heavy (non-hydrogen) atoms. The van der Waals surface area contributed by atoms with E-state index in [1.807, 2.05) is 0 Å². The van der Waals surface area contributed by atoms with Gasteiger partial charge in [-0.1, -0.05) is 64.7 Å². The zero-order valence-corrected chi connectivity index (χ0v) is 17.4. The Labute approximate surface area is 173 Å². The topological polar surface area (TPSA) is 154 Å². The Morgan fingerprint density at radius 1 is 0.828 bits per heavy atom. The molecule has 0 atom stereocenters. The second-order valence-corrected chi connectivity index (χ2v) is 7.10. The van der Waals surface area contributed by atoms with Crippen LogP contribution in [0.1, 0.15) is 71.1 Å². The highest BCUT2D eigenvalue weighted by Crippen LogP contribution is 2.31. The van der Waals surface area contributed by atoms with Gasteiger partial charge in [0.25, 0.3) is 0 Å². The fourth-order valence-electron chi connectivity index (χ4n) is 2.98. The van der Waals surface area contributed by atoms with E-state index in [9.17, 15) is 9.59 Å². The third-order valence-electron chi connectivity index (χ3n) is 4.71. The second kappa shape index (κ2) is 13.6. The van der Waals surface area contributed by atoms with Gasteiger partial charge < -0.3 is 16.2 Å². The van der Waals surface area contributed by atoms with E-state index in [-0.39, 0.29) is 5.69 Å². The van der Waals surface area contributed by atoms with Crippen LogP contribution in [0.4, 0.5) is 21.0 Å². The van der Waals surface area contributed by atoms with Gasteiger partial charge in [0.1, 0.15) is 11.4 Å². The standard InChI is InChI=1S/C20H36N6O3/c1-2-3-4-5-6-7-8-9-10-11-14-29-18-15-16(25(23)19(21)27)12-13-17(18)26(24)20(22)28/h12-13,15H,2-11,14,23-24H2,1H3,(H2,21,27)(H2,22,28). The molecule has 0 aliphatic rings. The summed E-state index contributed by atoms with van der Waals surface area (Å²) in [6.07, 6.45) is 12.2. The average molecular weight is 409 g/mol. The maximum absolute atomic E-state index is 11.4. The Morgan fingerprint density at radius 2 is 1.34 bits per heavy atom. The molecule has 9 nitrogen and oxygen atoms in total. The molecule has 0 heterocycles. The number of rotatable bonds is 14. The lowest BCUT2D eigenvalue weighted by molar-refractivity contribution is 0.252. The van der Waals surface area contributed by atoms with Gasteiger partial charge >= 0.3 is 12.1 Å². The zero-order valence-electron chi connectivity index (χ0n) is 17.4. The lowest BCUT2D eigenvalue weighted by atomic mass is 10.1. The van der Waals surface area contributed by atoms with Gasteiger partial charge in [0.05, 0.1) is 12.3 Å². The SMILES string of the molecule is CCCCCCCCCCCCOc1cc(N(N)C(N)=O)ccc1N(N)C(N)=O. The molecule has 0 spiro atoms. The molecule has 0 unspecified atom stereocenters. The van der Waals surface area contributed by atoms with Crippen molar-refractivity contribution >= 4 is 23.4 Å². The van der Waals surface area contributed by atoms with E-state index in [1.54, 1.807) is 0 Å². The van der Waals surface area contributed by atoms with Gasteiger partial charge in [0.15, 0.2) is 0 Å². The summed E-state index contributed by atoms with van der Waals surface area (Å²) in [4.78, 5) is 22.7. The molecule has 0 fully saturated rings. The number of nitrogens with two attached hydrogens (primary N) is 4. The number of carbonyl (C=O) groups is 2. The summed E-state index contributed by atoms with van der Waals surface area (Å²) in [5.74, 6) is 11.6. The Morgan fingerprint density at radius 3 is 1.86 bits per heavy atom. The van der Waals surface area contributed by atoms with Crippen LogP contribution in [0.5, 0.6) is 5.75 Å². The molecule has 4 amide bonds. The van der Waals surface area contributed by atoms with Gasteiger partial charge in [-0.3, -0.25) is 0 Å². The van der Waals surface area contributed by atoms with Crippen molar-refractivity contribution in [3.8, 4) is 5.75 Å². The number of nitrogens with zero attached hydrogens (tertiary/aromatic N) is 2. The molecule has 9 heteroatoms. The Balaban J connectivity index is 2.48. The zero-order chi connectivity index (χ0) is 21.6. The molecule has 8 N–H and O–H groups in total. The molecule has 0 bridgehead atoms. The van der Waals surface area contributed by atoms with Crippen LogP contribution in [0.15, 0.2) is 18.2 Å². The predicted octanol–water partition coefficient (Wildman–Crippen LogP) is 3.50. The Kier molecular flexibility index (Phi) is 11.5. The molecular formula is C20H36N6O3. The quantitative estimate of drug-likeness (QED) is 0.160. The lowest BCUT2D eigenvalue weighted by Crippen LogP contribution is -2.42. The first kappa shape index (κ1) is 24.5. The average Bonchev–Trinajstić information content (AvgIpc) is 2.70. The fraction of sp³-hybridized carbons (Fsp3) is 0.600. The monoisotopic (exact) mass is 408 g/mol. The van der Waals surface area contributed by atoms with Gasteiger partial charge in [-0.25, -0.2) is 31.3 Å². The van der Waals surface area contributed by atoms with Crippen molar-refractivity contribution in [1.29, 1.82) is 0 Å². The number of ether oxygens (including phenoxy) is 1. The number of hydrogen-bond donors (Lipinski definition) is 4. The van der Waals surface area contributed by atoms with Crippen LogP contribution in [-0.4, -0.2) is 18.7 Å². The first-order valence-electron chi connectivity index (χ1n) is 10.3. The fourth-order valence-corrected chi connectivity index (χ4v) is 2.98. The van der Waals surface area contributed by atoms with Crippen LogP contribution < -0.4 is 37.9 Å². The highest BCUT2D eigenvalue weighted by molar-refractivity contribution is 5.93. The number of urea groups is 2. The van der Waals surface area contributed by atoms with E-state index in [0.717, 1.165) is 29.3 Å². The number of primary amides is 2. The molecule has 0 saturated heterocycles. The minimum absolute atomic E-state index is 0.284. The van der Waals surface area contributed by atoms with Crippen molar-refractivity contribution in [2.45, 2.75) is 71.1 Å². The van der Waals surface area contributed by atoms with Crippen molar-refractivity contribution in [1.82, 2.24) is 0 Å². The van der Waals surface area contributed by atoms with Gasteiger partial charge in [-0.05, 0) is 18.6 Å². The van der Waals surface area contributed by atoms with E-state index in [1.165, 1.54) is 63.1 Å². The van der Waals surface area contributed by atoms with E-state index in [0.29, 0.717) is 18.0 Å². The molecule has 0 aromatic heterocycles. The van der Waals surface area contributed by atoms with Gasteiger partial charge in [0, 0.05) is 6.07 Å². The lowest BCUT2D eigenvalue weighted by Gasteiger charge is -2.21. The third kappa shape index (κ3) is 9.01.